The minimum absolute atomic E-state index is 0.0861. The third-order valence-corrected chi connectivity index (χ3v) is 5.46. The van der Waals surface area contributed by atoms with E-state index in [1.807, 2.05) is 11.4 Å². The Bertz CT molecular complexity index is 715. The number of amides is 1. The van der Waals surface area contributed by atoms with Crippen LogP contribution in [0, 0.1) is 11.6 Å². The molecule has 1 amide bonds. The first-order chi connectivity index (χ1) is 12.0. The third-order valence-electron chi connectivity index (χ3n) is 4.49. The molecule has 134 valence electrons. The molecule has 0 spiro atoms. The van der Waals surface area contributed by atoms with Crippen molar-refractivity contribution in [2.45, 2.75) is 6.04 Å². The zero-order valence-electron chi connectivity index (χ0n) is 14.0. The molecule has 1 aliphatic heterocycles. The highest BCUT2D eigenvalue weighted by molar-refractivity contribution is 7.10. The summed E-state index contributed by atoms with van der Waals surface area (Å²) in [6.07, 6.45) is 0. The number of halogens is 2. The Kier molecular flexibility index (Phi) is 5.78. The number of carbonyl (C=O) groups is 1. The SMILES string of the molecule is CN1CCN(C(CNC(=O)c2ccc(F)c(F)c2)c2cccs2)CC1. The standard InChI is InChI=1S/C18H21F2N3OS/c1-22-6-8-23(9-7-22)16(17-3-2-10-25-17)12-21-18(24)13-4-5-14(19)15(20)11-13/h2-5,10-11,16H,6-9,12H2,1H3,(H,21,24). The Morgan fingerprint density at radius 1 is 1.20 bits per heavy atom. The average molecular weight is 365 g/mol. The molecule has 25 heavy (non-hydrogen) atoms. The minimum atomic E-state index is -1.01. The summed E-state index contributed by atoms with van der Waals surface area (Å²) < 4.78 is 26.3. The van der Waals surface area contributed by atoms with Crippen molar-refractivity contribution in [3.63, 3.8) is 0 Å². The van der Waals surface area contributed by atoms with Crippen molar-refractivity contribution < 1.29 is 13.6 Å². The summed E-state index contributed by atoms with van der Waals surface area (Å²) in [4.78, 5) is 18.1. The number of carbonyl (C=O) groups excluding carboxylic acids is 1. The van der Waals surface area contributed by atoms with Crippen LogP contribution in [-0.4, -0.2) is 55.5 Å². The fourth-order valence-electron chi connectivity index (χ4n) is 2.95. The molecule has 7 heteroatoms. The largest absolute Gasteiger partial charge is 0.350 e. The number of nitrogens with one attached hydrogen (secondary N) is 1. The van der Waals surface area contributed by atoms with Gasteiger partial charge in [-0.25, -0.2) is 8.78 Å². The van der Waals surface area contributed by atoms with Crippen LogP contribution in [-0.2, 0) is 0 Å². The molecule has 3 rings (SSSR count). The Morgan fingerprint density at radius 3 is 2.60 bits per heavy atom. The number of benzene rings is 1. The summed E-state index contributed by atoms with van der Waals surface area (Å²) in [7, 11) is 2.10. The van der Waals surface area contributed by atoms with E-state index in [0.29, 0.717) is 6.54 Å². The first kappa shape index (κ1) is 18.0. The van der Waals surface area contributed by atoms with Gasteiger partial charge in [0.2, 0.25) is 0 Å². The first-order valence-electron chi connectivity index (χ1n) is 8.24. The fourth-order valence-corrected chi connectivity index (χ4v) is 3.81. The van der Waals surface area contributed by atoms with Crippen molar-refractivity contribution in [1.29, 1.82) is 0 Å². The van der Waals surface area contributed by atoms with E-state index >= 15 is 0 Å². The van der Waals surface area contributed by atoms with Crippen LogP contribution in [0.1, 0.15) is 21.3 Å². The molecular weight excluding hydrogens is 344 g/mol. The predicted octanol–water partition coefficient (Wildman–Crippen LogP) is 2.74. The lowest BCUT2D eigenvalue weighted by Gasteiger charge is -2.37. The van der Waals surface area contributed by atoms with Gasteiger partial charge in [-0.1, -0.05) is 6.07 Å². The molecule has 2 aromatic rings. The summed E-state index contributed by atoms with van der Waals surface area (Å²) in [5.41, 5.74) is 0.127. The lowest BCUT2D eigenvalue weighted by Crippen LogP contribution is -2.48. The number of likely N-dealkylation sites (N-methyl/N-ethyl adjacent to an activating group) is 1. The third kappa shape index (κ3) is 4.42. The van der Waals surface area contributed by atoms with E-state index < -0.39 is 17.5 Å². The van der Waals surface area contributed by atoms with Crippen LogP contribution in [0.3, 0.4) is 0 Å². The summed E-state index contributed by atoms with van der Waals surface area (Å²) in [5, 5.41) is 4.89. The fraction of sp³-hybridized carbons (Fsp3) is 0.389. The second-order valence-corrected chi connectivity index (χ2v) is 7.19. The molecule has 1 aromatic carbocycles. The zero-order valence-corrected chi connectivity index (χ0v) is 14.9. The second-order valence-electron chi connectivity index (χ2n) is 6.21. The van der Waals surface area contributed by atoms with Crippen LogP contribution in [0.25, 0.3) is 0 Å². The van der Waals surface area contributed by atoms with Crippen LogP contribution in [0.15, 0.2) is 35.7 Å². The molecule has 1 atom stereocenters. The van der Waals surface area contributed by atoms with Gasteiger partial charge in [0.15, 0.2) is 11.6 Å². The molecule has 1 N–H and O–H groups in total. The normalized spacial score (nSPS) is 17.4. The van der Waals surface area contributed by atoms with Gasteiger partial charge < -0.3 is 10.2 Å². The predicted molar refractivity (Wildman–Crippen MR) is 94.8 cm³/mol. The van der Waals surface area contributed by atoms with Crippen molar-refractivity contribution in [3.05, 3.63) is 57.8 Å². The van der Waals surface area contributed by atoms with E-state index in [0.717, 1.165) is 38.3 Å². The van der Waals surface area contributed by atoms with Gasteiger partial charge in [0.25, 0.3) is 5.91 Å². The monoisotopic (exact) mass is 365 g/mol. The number of piperazine rings is 1. The van der Waals surface area contributed by atoms with E-state index in [1.165, 1.54) is 10.9 Å². The summed E-state index contributed by atoms with van der Waals surface area (Å²) in [6, 6.07) is 7.35. The van der Waals surface area contributed by atoms with Gasteiger partial charge in [0.05, 0.1) is 6.04 Å². The maximum absolute atomic E-state index is 13.3. The van der Waals surface area contributed by atoms with Gasteiger partial charge in [0.1, 0.15) is 0 Å². The van der Waals surface area contributed by atoms with Crippen molar-refractivity contribution in [3.8, 4) is 0 Å². The maximum atomic E-state index is 13.3. The molecule has 1 fully saturated rings. The van der Waals surface area contributed by atoms with E-state index in [1.54, 1.807) is 11.3 Å². The summed E-state index contributed by atoms with van der Waals surface area (Å²) >= 11 is 1.66. The number of nitrogens with zero attached hydrogens (tertiary/aromatic N) is 2. The molecule has 1 aromatic heterocycles. The summed E-state index contributed by atoms with van der Waals surface area (Å²) in [5.74, 6) is -2.36. The van der Waals surface area contributed by atoms with Crippen molar-refractivity contribution in [2.24, 2.45) is 0 Å². The first-order valence-corrected chi connectivity index (χ1v) is 9.12. The molecule has 1 unspecified atom stereocenters. The Labute approximate surface area is 150 Å². The lowest BCUT2D eigenvalue weighted by atomic mass is 10.1. The number of rotatable bonds is 5. The van der Waals surface area contributed by atoms with Crippen LogP contribution in [0.2, 0.25) is 0 Å². The van der Waals surface area contributed by atoms with E-state index in [9.17, 15) is 13.6 Å². The van der Waals surface area contributed by atoms with E-state index in [4.69, 9.17) is 0 Å². The van der Waals surface area contributed by atoms with Crippen molar-refractivity contribution >= 4 is 17.2 Å². The highest BCUT2D eigenvalue weighted by Crippen LogP contribution is 2.25. The highest BCUT2D eigenvalue weighted by atomic mass is 32.1. The highest BCUT2D eigenvalue weighted by Gasteiger charge is 2.25. The van der Waals surface area contributed by atoms with Crippen molar-refractivity contribution in [1.82, 2.24) is 15.1 Å². The Hall–Kier alpha value is -1.83. The van der Waals surface area contributed by atoms with Gasteiger partial charge in [0, 0.05) is 43.2 Å². The van der Waals surface area contributed by atoms with E-state index in [-0.39, 0.29) is 11.6 Å². The van der Waals surface area contributed by atoms with Gasteiger partial charge in [-0.2, -0.15) is 0 Å². The molecule has 0 bridgehead atoms. The molecule has 0 radical (unpaired) electrons. The molecule has 0 saturated carbocycles. The number of hydrogen-bond acceptors (Lipinski definition) is 4. The minimum Gasteiger partial charge on any atom is -0.350 e. The Morgan fingerprint density at radius 2 is 1.96 bits per heavy atom. The van der Waals surface area contributed by atoms with Gasteiger partial charge in [-0.15, -0.1) is 11.3 Å². The molecule has 1 saturated heterocycles. The molecule has 1 aliphatic rings. The molecule has 2 heterocycles. The van der Waals surface area contributed by atoms with Gasteiger partial charge in [-0.3, -0.25) is 9.69 Å². The van der Waals surface area contributed by atoms with Crippen LogP contribution >= 0.6 is 11.3 Å². The topological polar surface area (TPSA) is 35.6 Å². The van der Waals surface area contributed by atoms with Crippen LogP contribution in [0.5, 0.6) is 0 Å². The lowest BCUT2D eigenvalue weighted by molar-refractivity contribution is 0.0889. The van der Waals surface area contributed by atoms with Gasteiger partial charge in [-0.05, 0) is 36.7 Å². The van der Waals surface area contributed by atoms with E-state index in [2.05, 4.69) is 28.2 Å². The average Bonchev–Trinajstić information content (AvgIpc) is 3.13. The molecule has 4 nitrogen and oxygen atoms in total. The molecular formula is C18H21F2N3OS. The van der Waals surface area contributed by atoms with Crippen molar-refractivity contribution in [2.75, 3.05) is 39.8 Å². The number of thiophene rings is 1. The number of hydrogen-bond donors (Lipinski definition) is 1. The quantitative estimate of drug-likeness (QED) is 0.885. The van der Waals surface area contributed by atoms with Crippen LogP contribution in [0.4, 0.5) is 8.78 Å². The van der Waals surface area contributed by atoms with Crippen LogP contribution < -0.4 is 5.32 Å². The second kappa shape index (κ2) is 8.03. The Balaban J connectivity index is 1.68. The smallest absolute Gasteiger partial charge is 0.251 e. The zero-order chi connectivity index (χ0) is 17.8. The maximum Gasteiger partial charge on any atom is 0.251 e. The molecule has 0 aliphatic carbocycles. The van der Waals surface area contributed by atoms with Gasteiger partial charge >= 0.3 is 0 Å². The summed E-state index contributed by atoms with van der Waals surface area (Å²) in [6.45, 7) is 4.26.